The smallest absolute Gasteiger partial charge is 0.416 e. The number of aliphatic hydroxyl groups is 1. The Morgan fingerprint density at radius 1 is 1.12 bits per heavy atom. The van der Waals surface area contributed by atoms with E-state index in [-0.39, 0.29) is 79.6 Å². The average molecular weight is 708 g/mol. The molecule has 0 radical (unpaired) electrons. The topological polar surface area (TPSA) is 170 Å². The molecule has 1 fully saturated rings. The number of aryl methyl sites for hydroxylation is 1. The van der Waals surface area contributed by atoms with Crippen LogP contribution in [-0.2, 0) is 11.0 Å². The Hall–Kier alpha value is -4.97. The summed E-state index contributed by atoms with van der Waals surface area (Å²) in [6.45, 7) is 3.57. The first-order valence-corrected chi connectivity index (χ1v) is 15.5. The molecule has 0 spiro atoms. The van der Waals surface area contributed by atoms with Gasteiger partial charge in [0.05, 0.1) is 28.6 Å². The summed E-state index contributed by atoms with van der Waals surface area (Å²) in [5, 5.41) is 28.8. The van der Waals surface area contributed by atoms with Crippen LogP contribution in [0.25, 0.3) is 5.78 Å². The zero-order chi connectivity index (χ0) is 35.4. The maximum absolute atomic E-state index is 14.1. The van der Waals surface area contributed by atoms with E-state index in [9.17, 15) is 42.2 Å². The van der Waals surface area contributed by atoms with Crippen molar-refractivity contribution in [1.29, 1.82) is 0 Å². The number of halogens is 5. The Labute approximate surface area is 279 Å². The summed E-state index contributed by atoms with van der Waals surface area (Å²) in [4.78, 5) is 52.6. The van der Waals surface area contributed by atoms with Crippen LogP contribution in [0.3, 0.4) is 0 Å². The molecule has 5 heterocycles. The van der Waals surface area contributed by atoms with Gasteiger partial charge in [0.25, 0.3) is 11.5 Å². The van der Waals surface area contributed by atoms with Crippen molar-refractivity contribution < 1.29 is 37.4 Å². The molecule has 0 aliphatic carbocycles. The molecular weight excluding hydrogens is 678 g/mol. The first-order chi connectivity index (χ1) is 23.2. The van der Waals surface area contributed by atoms with Gasteiger partial charge in [-0.25, -0.2) is 9.37 Å². The molecule has 6 rings (SSSR count). The Bertz CT molecular complexity index is 2030. The van der Waals surface area contributed by atoms with Crippen molar-refractivity contribution in [2.24, 2.45) is 0 Å². The molecule has 2 aliphatic heterocycles. The lowest BCUT2D eigenvalue weighted by molar-refractivity contribution is -0.137. The molecular formula is C30H30ClF4N9O5. The van der Waals surface area contributed by atoms with Gasteiger partial charge < -0.3 is 30.6 Å². The van der Waals surface area contributed by atoms with Crippen LogP contribution in [0.4, 0.5) is 34.9 Å². The molecule has 2 atom stereocenters. The molecule has 0 unspecified atom stereocenters. The van der Waals surface area contributed by atoms with Crippen LogP contribution in [0.5, 0.6) is 5.75 Å². The highest BCUT2D eigenvalue weighted by Crippen LogP contribution is 2.42. The summed E-state index contributed by atoms with van der Waals surface area (Å²) >= 11 is 6.12. The van der Waals surface area contributed by atoms with Crippen molar-refractivity contribution in [3.63, 3.8) is 0 Å². The zero-order valence-corrected chi connectivity index (χ0v) is 26.8. The predicted molar refractivity (Wildman–Crippen MR) is 169 cm³/mol. The molecule has 4 aromatic rings. The van der Waals surface area contributed by atoms with Gasteiger partial charge in [0.15, 0.2) is 17.3 Å². The summed E-state index contributed by atoms with van der Waals surface area (Å²) in [7, 11) is 0. The number of aromatic nitrogens is 5. The fraction of sp³-hybridized carbons (Fsp3) is 0.400. The van der Waals surface area contributed by atoms with E-state index in [1.54, 1.807) is 9.47 Å². The third-order valence-corrected chi connectivity index (χ3v) is 8.78. The van der Waals surface area contributed by atoms with E-state index < -0.39 is 58.3 Å². The molecule has 2 aliphatic rings. The number of carbonyl (C=O) groups excluding carboxylic acids is 2. The van der Waals surface area contributed by atoms with Crippen LogP contribution in [0.2, 0.25) is 5.02 Å². The van der Waals surface area contributed by atoms with E-state index >= 15 is 0 Å². The molecule has 49 heavy (non-hydrogen) atoms. The summed E-state index contributed by atoms with van der Waals surface area (Å²) in [6, 6.07) is 2.59. The average Bonchev–Trinajstić information content (AvgIpc) is 3.64. The molecule has 1 saturated heterocycles. The number of hydrogen-bond acceptors (Lipinski definition) is 10. The fourth-order valence-electron chi connectivity index (χ4n) is 6.19. The third-order valence-electron chi connectivity index (χ3n) is 8.47. The van der Waals surface area contributed by atoms with E-state index in [0.717, 1.165) is 22.7 Å². The fourth-order valence-corrected chi connectivity index (χ4v) is 6.42. The number of benzene rings is 1. The van der Waals surface area contributed by atoms with Gasteiger partial charge in [0.1, 0.15) is 11.7 Å². The number of rotatable bonds is 7. The lowest BCUT2D eigenvalue weighted by Gasteiger charge is -2.36. The summed E-state index contributed by atoms with van der Waals surface area (Å²) in [5.41, 5.74) is -1.12. The van der Waals surface area contributed by atoms with E-state index in [1.807, 2.05) is 6.92 Å². The number of anilines is 3. The highest BCUT2D eigenvalue weighted by Gasteiger charge is 2.41. The number of carbonyl (C=O) groups is 2. The van der Waals surface area contributed by atoms with E-state index in [4.69, 9.17) is 11.6 Å². The maximum Gasteiger partial charge on any atom is 0.416 e. The van der Waals surface area contributed by atoms with Crippen LogP contribution in [0.15, 0.2) is 29.1 Å². The van der Waals surface area contributed by atoms with Gasteiger partial charge in [-0.2, -0.15) is 22.7 Å². The highest BCUT2D eigenvalue weighted by atomic mass is 35.5. The van der Waals surface area contributed by atoms with Gasteiger partial charge >= 0.3 is 6.18 Å². The predicted octanol–water partition coefficient (Wildman–Crippen LogP) is 3.16. The Balaban J connectivity index is 1.35. The molecule has 3 aromatic heterocycles. The second-order valence-electron chi connectivity index (χ2n) is 11.8. The number of hydrogen-bond donors (Lipinski definition) is 4. The molecule has 260 valence electrons. The number of nitrogens with zero attached hydrogens (tertiary/aromatic N) is 7. The molecule has 14 nitrogen and oxygen atoms in total. The Morgan fingerprint density at radius 2 is 1.84 bits per heavy atom. The normalized spacial score (nSPS) is 17.8. The van der Waals surface area contributed by atoms with E-state index in [1.165, 1.54) is 11.8 Å². The Kier molecular flexibility index (Phi) is 8.87. The lowest BCUT2D eigenvalue weighted by atomic mass is 10.0. The minimum absolute atomic E-state index is 0.00982. The van der Waals surface area contributed by atoms with E-state index in [0.29, 0.717) is 11.8 Å². The van der Waals surface area contributed by atoms with Gasteiger partial charge in [0.2, 0.25) is 17.6 Å². The summed E-state index contributed by atoms with van der Waals surface area (Å²) < 4.78 is 56.3. The highest BCUT2D eigenvalue weighted by molar-refractivity contribution is 6.33. The number of piperazine rings is 1. The van der Waals surface area contributed by atoms with Crippen molar-refractivity contribution in [1.82, 2.24) is 29.0 Å². The van der Waals surface area contributed by atoms with Crippen molar-refractivity contribution in [2.45, 2.75) is 38.4 Å². The molecule has 0 bridgehead atoms. The number of aliphatic hydroxyl groups excluding tert-OH is 1. The van der Waals surface area contributed by atoms with Gasteiger partial charge in [-0.15, -0.1) is 5.10 Å². The number of aromatic hydroxyl groups is 1. The molecule has 19 heteroatoms. The van der Waals surface area contributed by atoms with E-state index in [2.05, 4.69) is 25.7 Å². The Morgan fingerprint density at radius 3 is 2.49 bits per heavy atom. The first kappa shape index (κ1) is 33.9. The lowest BCUT2D eigenvalue weighted by Crippen LogP contribution is -2.51. The standard InChI is InChI=1S/C30H30ClF4N9O5/c1-14-11-20(25(47)38-19-4-3-16(13-17(19)31)30(33,34)35)43-22(14)23(27(49)44-29(43)39-28(40-44)36-5-10-45)41-6-8-42(9-7-41)26(48)21-24(46)18(32)12-15(2)37-21/h3-4,12-14,20,45-46H,5-11H2,1-2H3,(H,36,40)(H,38,47)/t14-,20-/m0/s1. The van der Waals surface area contributed by atoms with Gasteiger partial charge in [0, 0.05) is 44.3 Å². The van der Waals surface area contributed by atoms with Crippen LogP contribution >= 0.6 is 11.6 Å². The van der Waals surface area contributed by atoms with Crippen LogP contribution in [-0.4, -0.2) is 90.4 Å². The number of fused-ring (bicyclic) bond motifs is 3. The van der Waals surface area contributed by atoms with Crippen LogP contribution < -0.4 is 21.1 Å². The molecule has 2 amide bonds. The van der Waals surface area contributed by atoms with Crippen molar-refractivity contribution in [3.8, 4) is 5.75 Å². The van der Waals surface area contributed by atoms with Crippen LogP contribution in [0, 0.1) is 12.7 Å². The second-order valence-corrected chi connectivity index (χ2v) is 12.2. The number of amides is 2. The molecule has 4 N–H and O–H groups in total. The van der Waals surface area contributed by atoms with Gasteiger partial charge in [-0.05, 0) is 37.6 Å². The van der Waals surface area contributed by atoms with Crippen molar-refractivity contribution >= 4 is 46.5 Å². The monoisotopic (exact) mass is 707 g/mol. The molecule has 1 aromatic carbocycles. The van der Waals surface area contributed by atoms with Gasteiger partial charge in [-0.3, -0.25) is 19.0 Å². The van der Waals surface area contributed by atoms with Crippen molar-refractivity contribution in [2.75, 3.05) is 54.9 Å². The zero-order valence-electron chi connectivity index (χ0n) is 26.1. The molecule has 0 saturated carbocycles. The quantitative estimate of drug-likeness (QED) is 0.209. The van der Waals surface area contributed by atoms with Crippen molar-refractivity contribution in [3.05, 3.63) is 68.1 Å². The van der Waals surface area contributed by atoms with Gasteiger partial charge in [-0.1, -0.05) is 18.5 Å². The number of alkyl halides is 3. The maximum atomic E-state index is 14.1. The SMILES string of the molecule is Cc1cc(F)c(O)c(C(=O)N2CCN(c3c4n(c5nc(NCCO)nn5c3=O)[C@H](C(=O)Nc3ccc(C(F)(F)F)cc3Cl)C[C@@H]4C)CC2)n1. The number of nitrogens with one attached hydrogen (secondary N) is 2. The third kappa shape index (κ3) is 6.21. The minimum atomic E-state index is -4.63. The largest absolute Gasteiger partial charge is 0.503 e. The summed E-state index contributed by atoms with van der Waals surface area (Å²) in [5.74, 6) is -3.50. The van der Waals surface area contributed by atoms with Crippen LogP contribution in [0.1, 0.15) is 52.7 Å². The first-order valence-electron chi connectivity index (χ1n) is 15.2. The summed E-state index contributed by atoms with van der Waals surface area (Å²) in [6.07, 6.45) is -4.45. The number of pyridine rings is 1. The minimum Gasteiger partial charge on any atom is -0.503 e. The second kappa shape index (κ2) is 12.8.